The average molecular weight is 182 g/mol. The second kappa shape index (κ2) is 2.57. The molecular weight excluding hydrogens is 178 g/mol. The highest BCUT2D eigenvalue weighted by atomic mass is 35.5. The second-order valence-corrected chi connectivity index (χ2v) is 2.60. The van der Waals surface area contributed by atoms with Crippen molar-refractivity contribution >= 4 is 22.5 Å². The number of halogens is 1. The molecule has 0 atom stereocenters. The molecule has 2 heterocycles. The Morgan fingerprint density at radius 3 is 3.08 bits per heavy atom. The van der Waals surface area contributed by atoms with E-state index >= 15 is 0 Å². The maximum Gasteiger partial charge on any atom is 0.273 e. The monoisotopic (exact) mass is 181 g/mol. The molecule has 0 aliphatic rings. The SMILES string of the molecule is O=c1[nH]nc(Cl)c2ncccc12. The molecule has 0 spiro atoms. The van der Waals surface area contributed by atoms with E-state index in [4.69, 9.17) is 11.6 Å². The van der Waals surface area contributed by atoms with Crippen LogP contribution in [0.3, 0.4) is 0 Å². The van der Waals surface area contributed by atoms with Gasteiger partial charge in [-0.1, -0.05) is 11.6 Å². The Hall–Kier alpha value is -1.42. The number of aromatic nitrogens is 3. The molecule has 0 fully saturated rings. The molecular formula is C7H4ClN3O. The summed E-state index contributed by atoms with van der Waals surface area (Å²) in [5, 5.41) is 6.51. The molecule has 2 aromatic heterocycles. The fraction of sp³-hybridized carbons (Fsp3) is 0. The highest BCUT2D eigenvalue weighted by Crippen LogP contribution is 2.12. The van der Waals surface area contributed by atoms with Crippen LogP contribution in [0.2, 0.25) is 5.15 Å². The minimum atomic E-state index is -0.275. The molecule has 0 aliphatic carbocycles. The number of hydrogen-bond donors (Lipinski definition) is 1. The van der Waals surface area contributed by atoms with Crippen molar-refractivity contribution in [2.75, 3.05) is 0 Å². The third-order valence-electron chi connectivity index (χ3n) is 1.50. The van der Waals surface area contributed by atoms with E-state index in [0.29, 0.717) is 10.9 Å². The van der Waals surface area contributed by atoms with Crippen LogP contribution in [-0.2, 0) is 0 Å². The number of H-pyrrole nitrogens is 1. The Morgan fingerprint density at radius 1 is 1.50 bits per heavy atom. The first-order chi connectivity index (χ1) is 5.79. The van der Waals surface area contributed by atoms with Gasteiger partial charge in [0.2, 0.25) is 0 Å². The normalized spacial score (nSPS) is 10.4. The van der Waals surface area contributed by atoms with Crippen LogP contribution < -0.4 is 5.56 Å². The molecule has 0 saturated heterocycles. The van der Waals surface area contributed by atoms with Crippen LogP contribution in [-0.4, -0.2) is 15.2 Å². The van der Waals surface area contributed by atoms with Crippen molar-refractivity contribution in [2.24, 2.45) is 0 Å². The predicted molar refractivity (Wildman–Crippen MR) is 45.2 cm³/mol. The van der Waals surface area contributed by atoms with Crippen LogP contribution >= 0.6 is 11.6 Å². The maximum atomic E-state index is 11.1. The molecule has 0 radical (unpaired) electrons. The van der Waals surface area contributed by atoms with Gasteiger partial charge in [-0.2, -0.15) is 5.10 Å². The zero-order valence-electron chi connectivity index (χ0n) is 5.91. The van der Waals surface area contributed by atoms with E-state index in [1.165, 1.54) is 0 Å². The summed E-state index contributed by atoms with van der Waals surface area (Å²) in [7, 11) is 0. The summed E-state index contributed by atoms with van der Waals surface area (Å²) in [6.07, 6.45) is 1.56. The van der Waals surface area contributed by atoms with Crippen molar-refractivity contribution in [1.29, 1.82) is 0 Å². The van der Waals surface area contributed by atoms with Crippen molar-refractivity contribution in [2.45, 2.75) is 0 Å². The zero-order chi connectivity index (χ0) is 8.55. The summed E-state index contributed by atoms with van der Waals surface area (Å²) in [5.74, 6) is 0. The summed E-state index contributed by atoms with van der Waals surface area (Å²) in [4.78, 5) is 15.0. The van der Waals surface area contributed by atoms with Crippen molar-refractivity contribution in [3.8, 4) is 0 Å². The number of rotatable bonds is 0. The fourth-order valence-corrected chi connectivity index (χ4v) is 1.16. The lowest BCUT2D eigenvalue weighted by Gasteiger charge is -1.94. The molecule has 0 bridgehead atoms. The van der Waals surface area contributed by atoms with Crippen LogP contribution in [0.4, 0.5) is 0 Å². The number of aromatic amines is 1. The molecule has 60 valence electrons. The van der Waals surface area contributed by atoms with Gasteiger partial charge in [-0.3, -0.25) is 9.78 Å². The molecule has 0 aromatic carbocycles. The molecule has 1 N–H and O–H groups in total. The largest absolute Gasteiger partial charge is 0.273 e. The van der Waals surface area contributed by atoms with Gasteiger partial charge in [0.25, 0.3) is 5.56 Å². The maximum absolute atomic E-state index is 11.1. The van der Waals surface area contributed by atoms with Gasteiger partial charge < -0.3 is 0 Å². The topological polar surface area (TPSA) is 58.6 Å². The standard InChI is InChI=1S/C7H4ClN3O/c8-6-5-4(2-1-3-9-5)7(12)11-10-6/h1-3H,(H,11,12). The average Bonchev–Trinajstić information content (AvgIpc) is 2.12. The first-order valence-electron chi connectivity index (χ1n) is 3.28. The van der Waals surface area contributed by atoms with Gasteiger partial charge in [0.1, 0.15) is 5.52 Å². The number of pyridine rings is 1. The number of fused-ring (bicyclic) bond motifs is 1. The van der Waals surface area contributed by atoms with Crippen LogP contribution in [0, 0.1) is 0 Å². The van der Waals surface area contributed by atoms with Crippen molar-refractivity contribution < 1.29 is 0 Å². The Kier molecular flexibility index (Phi) is 1.55. The van der Waals surface area contributed by atoms with E-state index in [-0.39, 0.29) is 10.7 Å². The number of nitrogens with zero attached hydrogens (tertiary/aromatic N) is 2. The lowest BCUT2D eigenvalue weighted by atomic mass is 10.3. The third-order valence-corrected chi connectivity index (χ3v) is 1.77. The molecule has 0 unspecified atom stereocenters. The van der Waals surface area contributed by atoms with Gasteiger partial charge in [-0.25, -0.2) is 5.10 Å². The molecule has 0 aliphatic heterocycles. The van der Waals surface area contributed by atoms with Crippen LogP contribution in [0.15, 0.2) is 23.1 Å². The van der Waals surface area contributed by atoms with Gasteiger partial charge >= 0.3 is 0 Å². The van der Waals surface area contributed by atoms with E-state index in [9.17, 15) is 4.79 Å². The van der Waals surface area contributed by atoms with E-state index < -0.39 is 0 Å². The van der Waals surface area contributed by atoms with Crippen molar-refractivity contribution in [3.63, 3.8) is 0 Å². The quantitative estimate of drug-likeness (QED) is 0.659. The van der Waals surface area contributed by atoms with Crippen LogP contribution in [0.5, 0.6) is 0 Å². The molecule has 0 amide bonds. The Bertz CT molecular complexity index is 479. The van der Waals surface area contributed by atoms with E-state index in [0.717, 1.165) is 0 Å². The predicted octanol–water partition coefficient (Wildman–Crippen LogP) is 0.971. The molecule has 4 nitrogen and oxygen atoms in total. The third kappa shape index (κ3) is 0.967. The van der Waals surface area contributed by atoms with Gasteiger partial charge in [0.05, 0.1) is 5.39 Å². The lowest BCUT2D eigenvalue weighted by molar-refractivity contribution is 1.01. The van der Waals surface area contributed by atoms with Gasteiger partial charge in [-0.15, -0.1) is 0 Å². The second-order valence-electron chi connectivity index (χ2n) is 2.24. The van der Waals surface area contributed by atoms with Crippen molar-refractivity contribution in [3.05, 3.63) is 33.8 Å². The van der Waals surface area contributed by atoms with Gasteiger partial charge in [-0.05, 0) is 12.1 Å². The molecule has 12 heavy (non-hydrogen) atoms. The van der Waals surface area contributed by atoms with E-state index in [1.807, 2.05) is 0 Å². The molecule has 2 rings (SSSR count). The lowest BCUT2D eigenvalue weighted by Crippen LogP contribution is -2.08. The summed E-state index contributed by atoms with van der Waals surface area (Å²) >= 11 is 5.69. The first-order valence-corrected chi connectivity index (χ1v) is 3.66. The van der Waals surface area contributed by atoms with Crippen molar-refractivity contribution in [1.82, 2.24) is 15.2 Å². The summed E-state index contributed by atoms with van der Waals surface area (Å²) in [5.41, 5.74) is 0.158. The minimum Gasteiger partial charge on any atom is -0.267 e. The highest BCUT2D eigenvalue weighted by molar-refractivity contribution is 6.33. The van der Waals surface area contributed by atoms with E-state index in [2.05, 4.69) is 15.2 Å². The molecule has 5 heteroatoms. The summed E-state index contributed by atoms with van der Waals surface area (Å²) in [6.45, 7) is 0. The Labute approximate surface area is 72.2 Å². The minimum absolute atomic E-state index is 0.213. The summed E-state index contributed by atoms with van der Waals surface area (Å²) in [6, 6.07) is 3.32. The first kappa shape index (κ1) is 7.24. The highest BCUT2D eigenvalue weighted by Gasteiger charge is 2.02. The Balaban J connectivity index is 3.05. The fourth-order valence-electron chi connectivity index (χ4n) is 0.966. The number of hydrogen-bond acceptors (Lipinski definition) is 3. The van der Waals surface area contributed by atoms with E-state index in [1.54, 1.807) is 18.3 Å². The number of nitrogens with one attached hydrogen (secondary N) is 1. The Morgan fingerprint density at radius 2 is 2.33 bits per heavy atom. The van der Waals surface area contributed by atoms with Crippen LogP contribution in [0.25, 0.3) is 10.9 Å². The van der Waals surface area contributed by atoms with Crippen LogP contribution in [0.1, 0.15) is 0 Å². The van der Waals surface area contributed by atoms with Gasteiger partial charge in [0, 0.05) is 6.20 Å². The zero-order valence-corrected chi connectivity index (χ0v) is 6.67. The molecule has 2 aromatic rings. The van der Waals surface area contributed by atoms with Gasteiger partial charge in [0.15, 0.2) is 5.15 Å². The smallest absolute Gasteiger partial charge is 0.267 e. The molecule has 0 saturated carbocycles. The summed E-state index contributed by atoms with van der Waals surface area (Å²) < 4.78 is 0.